The number of rotatable bonds is 4. The number of hydrogen-bond donors (Lipinski definition) is 1. The molecule has 0 amide bonds. The van der Waals surface area contributed by atoms with Crippen LogP contribution in [0.4, 0.5) is 21.8 Å². The maximum atomic E-state index is 14.8. The highest BCUT2D eigenvalue weighted by molar-refractivity contribution is 7.99. The lowest BCUT2D eigenvalue weighted by molar-refractivity contribution is 0.296. The van der Waals surface area contributed by atoms with Gasteiger partial charge in [-0.25, -0.2) is 18.6 Å². The van der Waals surface area contributed by atoms with Gasteiger partial charge in [0.05, 0.1) is 5.39 Å². The van der Waals surface area contributed by atoms with E-state index < -0.39 is 15.5 Å². The van der Waals surface area contributed by atoms with Crippen LogP contribution in [0.1, 0.15) is 17.0 Å². The molecule has 6 rings (SSSR count). The van der Waals surface area contributed by atoms with Crippen molar-refractivity contribution in [3.05, 3.63) is 71.8 Å². The second kappa shape index (κ2) is 9.23. The van der Waals surface area contributed by atoms with E-state index in [0.29, 0.717) is 29.1 Å². The third kappa shape index (κ3) is 4.86. The van der Waals surface area contributed by atoms with Crippen LogP contribution in [-0.2, 0) is 16.3 Å². The van der Waals surface area contributed by atoms with Crippen molar-refractivity contribution >= 4 is 50.0 Å². The number of hydrogen-bond acceptors (Lipinski definition) is 8. The Morgan fingerprint density at radius 2 is 2.11 bits per heavy atom. The Hall–Kier alpha value is -3.28. The molecule has 4 aromatic rings. The molecule has 190 valence electrons. The zero-order valence-electron chi connectivity index (χ0n) is 20.7. The molecular formula is C26H26FN7OS2. The first-order valence-electron chi connectivity index (χ1n) is 11.8. The van der Waals surface area contributed by atoms with Crippen LogP contribution in [0.5, 0.6) is 0 Å². The van der Waals surface area contributed by atoms with Crippen LogP contribution in [-0.4, -0.2) is 60.5 Å². The van der Waals surface area contributed by atoms with E-state index in [-0.39, 0.29) is 5.39 Å². The van der Waals surface area contributed by atoms with E-state index in [9.17, 15) is 8.60 Å². The van der Waals surface area contributed by atoms with Crippen molar-refractivity contribution in [1.82, 2.24) is 24.4 Å². The fraction of sp³-hybridized carbons (Fsp3) is 0.269. The summed E-state index contributed by atoms with van der Waals surface area (Å²) in [6.45, 7) is 1.90. The largest absolute Gasteiger partial charge is 0.324 e. The smallest absolute Gasteiger partial charge is 0.229 e. The van der Waals surface area contributed by atoms with Gasteiger partial charge in [-0.1, -0.05) is 18.2 Å². The van der Waals surface area contributed by atoms with E-state index in [2.05, 4.69) is 60.9 Å². The highest BCUT2D eigenvalue weighted by atomic mass is 32.2. The molecule has 1 aromatic carbocycles. The van der Waals surface area contributed by atoms with Crippen LogP contribution < -0.4 is 5.32 Å². The number of nitrogens with zero attached hydrogens (tertiary/aromatic N) is 6. The van der Waals surface area contributed by atoms with Gasteiger partial charge in [0.25, 0.3) is 0 Å². The number of pyridine rings is 1. The third-order valence-corrected chi connectivity index (χ3v) is 7.92. The highest BCUT2D eigenvalue weighted by Gasteiger charge is 2.26. The maximum Gasteiger partial charge on any atom is 0.229 e. The van der Waals surface area contributed by atoms with Gasteiger partial charge in [0.1, 0.15) is 5.82 Å². The fourth-order valence-electron chi connectivity index (χ4n) is 4.88. The highest BCUT2D eigenvalue weighted by Crippen LogP contribution is 2.41. The van der Waals surface area contributed by atoms with Gasteiger partial charge in [-0.15, -0.1) is 11.8 Å². The summed E-state index contributed by atoms with van der Waals surface area (Å²) in [5.41, 5.74) is 3.98. The Balaban J connectivity index is 1.39. The van der Waals surface area contributed by atoms with Crippen LogP contribution in [0, 0.1) is 5.82 Å². The van der Waals surface area contributed by atoms with E-state index in [4.69, 9.17) is 0 Å². The minimum Gasteiger partial charge on any atom is -0.324 e. The van der Waals surface area contributed by atoms with E-state index in [1.54, 1.807) is 35.3 Å². The molecule has 11 heteroatoms. The van der Waals surface area contributed by atoms with E-state index in [1.165, 1.54) is 28.4 Å². The van der Waals surface area contributed by atoms with Crippen LogP contribution in [0.15, 0.2) is 64.1 Å². The molecule has 37 heavy (non-hydrogen) atoms. The minimum atomic E-state index is -2.39. The van der Waals surface area contributed by atoms with Crippen LogP contribution in [0.2, 0.25) is 0 Å². The topological polar surface area (TPSA) is 88.3 Å². The fourth-order valence-corrected chi connectivity index (χ4v) is 6.47. The third-order valence-electron chi connectivity index (χ3n) is 6.28. The monoisotopic (exact) mass is 535 g/mol. The van der Waals surface area contributed by atoms with E-state index in [0.717, 1.165) is 24.5 Å². The van der Waals surface area contributed by atoms with Gasteiger partial charge in [0.2, 0.25) is 5.95 Å². The Morgan fingerprint density at radius 3 is 2.95 bits per heavy atom. The van der Waals surface area contributed by atoms with Gasteiger partial charge in [-0.3, -0.25) is 4.57 Å². The molecule has 8 nitrogen and oxygen atoms in total. The molecule has 2 aliphatic heterocycles. The van der Waals surface area contributed by atoms with Gasteiger partial charge in [-0.05, 0) is 42.4 Å². The van der Waals surface area contributed by atoms with Gasteiger partial charge in [0.15, 0.2) is 17.3 Å². The van der Waals surface area contributed by atoms with Crippen molar-refractivity contribution < 1.29 is 8.60 Å². The second-order valence-corrected chi connectivity index (χ2v) is 13.2. The molecule has 0 radical (unpaired) electrons. The minimum absolute atomic E-state index is 0.285. The number of halogens is 1. The molecule has 0 spiro atoms. The zero-order valence-corrected chi connectivity index (χ0v) is 22.3. The average Bonchev–Trinajstić information content (AvgIpc) is 3.01. The molecule has 0 saturated heterocycles. The van der Waals surface area contributed by atoms with Crippen molar-refractivity contribution in [1.29, 1.82) is 0 Å². The number of aromatic nitrogens is 4. The Labute approximate surface area is 219 Å². The molecular weight excluding hydrogens is 509 g/mol. The van der Waals surface area contributed by atoms with Crippen molar-refractivity contribution in [3.8, 4) is 5.82 Å². The molecule has 0 saturated carbocycles. The summed E-state index contributed by atoms with van der Waals surface area (Å²) in [6, 6.07) is 9.46. The molecule has 0 aliphatic carbocycles. The summed E-state index contributed by atoms with van der Waals surface area (Å²) in [5.74, 6) is 1.99. The maximum absolute atomic E-state index is 14.8. The number of thioether (sulfide) groups is 1. The molecule has 0 bridgehead atoms. The number of anilines is 2. The molecule has 5 heterocycles. The van der Waals surface area contributed by atoms with E-state index >= 15 is 0 Å². The lowest BCUT2D eigenvalue weighted by Gasteiger charge is -2.32. The van der Waals surface area contributed by atoms with Crippen molar-refractivity contribution in [2.75, 3.05) is 37.2 Å². The summed E-state index contributed by atoms with van der Waals surface area (Å²) >= 11 is 1.84. The van der Waals surface area contributed by atoms with E-state index in [1.807, 2.05) is 11.8 Å². The lowest BCUT2D eigenvalue weighted by atomic mass is 9.89. The Morgan fingerprint density at radius 1 is 1.24 bits per heavy atom. The summed E-state index contributed by atoms with van der Waals surface area (Å²) in [6.07, 6.45) is 10.5. The molecule has 3 aromatic heterocycles. The van der Waals surface area contributed by atoms with Crippen molar-refractivity contribution in [3.63, 3.8) is 0 Å². The molecule has 1 unspecified atom stereocenters. The van der Waals surface area contributed by atoms with Gasteiger partial charge in [0, 0.05) is 70.0 Å². The summed E-state index contributed by atoms with van der Waals surface area (Å²) in [4.78, 5) is 17.1. The number of benzene rings is 1. The van der Waals surface area contributed by atoms with Crippen LogP contribution >= 0.6 is 11.8 Å². The van der Waals surface area contributed by atoms with Crippen LogP contribution in [0.3, 0.4) is 0 Å². The second-order valence-electron chi connectivity index (χ2n) is 9.62. The molecule has 1 N–H and O–H groups in total. The lowest BCUT2D eigenvalue weighted by Crippen LogP contribution is -2.30. The summed E-state index contributed by atoms with van der Waals surface area (Å²) in [5, 5.41) is 3.62. The molecule has 1 atom stereocenters. The predicted molar refractivity (Wildman–Crippen MR) is 147 cm³/mol. The SMILES string of the molecule is CN1Cc2cc(Nc3ncc4c(F)cn(-c5cccc(N=S(C)(C)=O)n5)c4n3)cc3c2C(C=CCS3)C1. The number of likely N-dealkylation sites (N-methyl/N-ethyl adjacent to an activating group) is 1. The van der Waals surface area contributed by atoms with Gasteiger partial charge < -0.3 is 10.2 Å². The number of fused-ring (bicyclic) bond motifs is 1. The zero-order chi connectivity index (χ0) is 25.7. The van der Waals surface area contributed by atoms with Crippen molar-refractivity contribution in [2.24, 2.45) is 4.36 Å². The summed E-state index contributed by atoms with van der Waals surface area (Å²) in [7, 11) is -0.245. The van der Waals surface area contributed by atoms with Crippen LogP contribution in [0.25, 0.3) is 16.9 Å². The van der Waals surface area contributed by atoms with Gasteiger partial charge >= 0.3 is 0 Å². The predicted octanol–water partition coefficient (Wildman–Crippen LogP) is 5.25. The molecule has 0 fully saturated rings. The van der Waals surface area contributed by atoms with Gasteiger partial charge in [-0.2, -0.15) is 9.35 Å². The quantitative estimate of drug-likeness (QED) is 0.357. The first kappa shape index (κ1) is 24.1. The van der Waals surface area contributed by atoms with Crippen molar-refractivity contribution in [2.45, 2.75) is 17.4 Å². The number of nitrogens with one attached hydrogen (secondary N) is 1. The Kier molecular flexibility index (Phi) is 6.01. The standard InChI is InChI=1S/C26H26FN7OS2/c1-33-13-16-6-5-9-36-21-11-18(10-17(14-33)24(16)21)29-26-28-12-19-20(27)15-34(25(19)31-26)23-8-4-7-22(30-23)32-37(2,3)35/h4-8,10-12,15-16H,9,13-14H2,1-3H3,(H,28,29,31). The first-order chi connectivity index (χ1) is 17.7. The average molecular weight is 536 g/mol. The first-order valence-corrected chi connectivity index (χ1v) is 15.2. The normalized spacial score (nSPS) is 17.5. The summed E-state index contributed by atoms with van der Waals surface area (Å²) < 4.78 is 32.6. The Bertz CT molecular complexity index is 1680. The molecule has 2 aliphatic rings.